The Bertz CT molecular complexity index is 1040. The lowest BCUT2D eigenvalue weighted by molar-refractivity contribution is 0.0706. The first kappa shape index (κ1) is 15.9. The Balaban J connectivity index is 1.48. The zero-order valence-electron chi connectivity index (χ0n) is 13.6. The van der Waals surface area contributed by atoms with Crippen molar-refractivity contribution in [3.05, 3.63) is 72.6 Å². The van der Waals surface area contributed by atoms with Crippen molar-refractivity contribution in [3.8, 4) is 11.4 Å². The molecule has 0 aliphatic carbocycles. The van der Waals surface area contributed by atoms with E-state index >= 15 is 0 Å². The Morgan fingerprint density at radius 2 is 2.08 bits per heavy atom. The van der Waals surface area contributed by atoms with E-state index in [0.29, 0.717) is 17.1 Å². The molecule has 1 amide bonds. The van der Waals surface area contributed by atoms with Gasteiger partial charge in [0, 0.05) is 23.6 Å². The molecule has 0 aliphatic heterocycles. The van der Waals surface area contributed by atoms with Gasteiger partial charge in [-0.3, -0.25) is 10.0 Å². The van der Waals surface area contributed by atoms with Gasteiger partial charge in [0.25, 0.3) is 5.91 Å². The van der Waals surface area contributed by atoms with Crippen LogP contribution in [-0.4, -0.2) is 30.6 Å². The summed E-state index contributed by atoms with van der Waals surface area (Å²) < 4.78 is 7.61. The van der Waals surface area contributed by atoms with Crippen molar-refractivity contribution in [1.82, 2.24) is 25.0 Å². The maximum atomic E-state index is 11.3. The molecule has 4 rings (SSSR count). The molecule has 0 atom stereocenters. The zero-order chi connectivity index (χ0) is 17.9. The van der Waals surface area contributed by atoms with Crippen molar-refractivity contribution in [3.63, 3.8) is 0 Å². The molecule has 0 bridgehead atoms. The van der Waals surface area contributed by atoms with Crippen LogP contribution in [0.15, 0.2) is 61.2 Å². The zero-order valence-corrected chi connectivity index (χ0v) is 13.6. The van der Waals surface area contributed by atoms with Gasteiger partial charge in [0.15, 0.2) is 0 Å². The van der Waals surface area contributed by atoms with Crippen LogP contribution in [-0.2, 0) is 6.61 Å². The van der Waals surface area contributed by atoms with Crippen LogP contribution < -0.4 is 10.2 Å². The molecule has 0 spiro atoms. The molecule has 26 heavy (non-hydrogen) atoms. The lowest BCUT2D eigenvalue weighted by Crippen LogP contribution is -2.18. The number of nitrogens with one attached hydrogen (secondary N) is 2. The summed E-state index contributed by atoms with van der Waals surface area (Å²) in [4.78, 5) is 23.1. The summed E-state index contributed by atoms with van der Waals surface area (Å²) in [5.74, 6) is 0.724. The highest BCUT2D eigenvalue weighted by Crippen LogP contribution is 2.18. The Morgan fingerprint density at radius 1 is 1.23 bits per heavy atom. The fraction of sp³-hybridized carbons (Fsp3) is 0.0556. The number of carbonyl (C=O) groups is 1. The number of hydrogen-bond donors (Lipinski definition) is 3. The number of hydroxylamine groups is 1. The first-order valence-electron chi connectivity index (χ1n) is 7.87. The van der Waals surface area contributed by atoms with Gasteiger partial charge in [-0.2, -0.15) is 0 Å². The van der Waals surface area contributed by atoms with Crippen LogP contribution in [0.25, 0.3) is 16.7 Å². The van der Waals surface area contributed by atoms with Crippen molar-refractivity contribution >= 4 is 16.9 Å². The summed E-state index contributed by atoms with van der Waals surface area (Å²) in [5.41, 5.74) is 4.68. The quantitative estimate of drug-likeness (QED) is 0.379. The van der Waals surface area contributed by atoms with E-state index in [9.17, 15) is 4.79 Å². The van der Waals surface area contributed by atoms with Crippen LogP contribution in [0.4, 0.5) is 0 Å². The Kier molecular flexibility index (Phi) is 4.08. The van der Waals surface area contributed by atoms with E-state index in [-0.39, 0.29) is 6.61 Å². The van der Waals surface area contributed by atoms with E-state index in [4.69, 9.17) is 9.94 Å². The van der Waals surface area contributed by atoms with E-state index < -0.39 is 5.91 Å². The van der Waals surface area contributed by atoms with Crippen molar-refractivity contribution in [1.29, 1.82) is 0 Å². The number of benzene rings is 2. The van der Waals surface area contributed by atoms with E-state index in [2.05, 4.69) is 15.0 Å². The number of carbonyl (C=O) groups excluding carboxylic acids is 1. The van der Waals surface area contributed by atoms with Gasteiger partial charge < -0.3 is 14.3 Å². The van der Waals surface area contributed by atoms with Gasteiger partial charge in [0.2, 0.25) is 0 Å². The van der Waals surface area contributed by atoms with Crippen molar-refractivity contribution < 1.29 is 14.7 Å². The molecule has 4 aromatic rings. The van der Waals surface area contributed by atoms with Crippen LogP contribution >= 0.6 is 0 Å². The van der Waals surface area contributed by atoms with Crippen LogP contribution in [0.5, 0.6) is 5.75 Å². The number of fused-ring (bicyclic) bond motifs is 1. The summed E-state index contributed by atoms with van der Waals surface area (Å²) in [6.45, 7) is 0.265. The van der Waals surface area contributed by atoms with Crippen LogP contribution in [0.3, 0.4) is 0 Å². The van der Waals surface area contributed by atoms with Crippen molar-refractivity contribution in [2.45, 2.75) is 6.61 Å². The molecule has 0 saturated heterocycles. The molecule has 0 radical (unpaired) electrons. The van der Waals surface area contributed by atoms with Gasteiger partial charge in [-0.15, -0.1) is 0 Å². The minimum Gasteiger partial charge on any atom is -0.486 e. The second kappa shape index (κ2) is 6.69. The summed E-state index contributed by atoms with van der Waals surface area (Å²) in [5, 5.41) is 8.61. The van der Waals surface area contributed by atoms with Gasteiger partial charge >= 0.3 is 0 Å². The number of H-pyrrole nitrogens is 1. The molecule has 2 heterocycles. The highest BCUT2D eigenvalue weighted by Gasteiger charge is 2.07. The number of nitrogens with zero attached hydrogens (tertiary/aromatic N) is 3. The Labute approximate surface area is 148 Å². The standard InChI is InChI=1S/C18H15N5O3/c24-18(22-25)12-1-4-14(5-2-12)26-10-17-20-15-6-3-13(9-16(15)21-17)23-8-7-19-11-23/h1-9,11,25H,10H2,(H,20,21)(H,22,24). The maximum absolute atomic E-state index is 11.3. The molecule has 0 fully saturated rings. The van der Waals surface area contributed by atoms with E-state index in [0.717, 1.165) is 16.7 Å². The molecule has 2 aromatic heterocycles. The van der Waals surface area contributed by atoms with Crippen LogP contribution in [0.2, 0.25) is 0 Å². The molecule has 130 valence electrons. The highest BCUT2D eigenvalue weighted by molar-refractivity contribution is 5.93. The summed E-state index contributed by atoms with van der Waals surface area (Å²) in [7, 11) is 0. The highest BCUT2D eigenvalue weighted by atomic mass is 16.5. The first-order chi connectivity index (χ1) is 12.7. The van der Waals surface area contributed by atoms with Crippen LogP contribution in [0.1, 0.15) is 16.2 Å². The fourth-order valence-corrected chi connectivity index (χ4v) is 2.61. The molecule has 0 saturated carbocycles. The van der Waals surface area contributed by atoms with E-state index in [1.807, 2.05) is 29.0 Å². The van der Waals surface area contributed by atoms with Gasteiger partial charge in [-0.25, -0.2) is 15.4 Å². The predicted octanol–water partition coefficient (Wildman–Crippen LogP) is 2.45. The smallest absolute Gasteiger partial charge is 0.274 e. The Morgan fingerprint density at radius 3 is 2.81 bits per heavy atom. The molecule has 8 nitrogen and oxygen atoms in total. The second-order valence-corrected chi connectivity index (χ2v) is 5.61. The van der Waals surface area contributed by atoms with Gasteiger partial charge in [0.1, 0.15) is 18.2 Å². The van der Waals surface area contributed by atoms with Gasteiger partial charge in [-0.05, 0) is 42.5 Å². The number of rotatable bonds is 5. The molecule has 0 unspecified atom stereocenters. The normalized spacial score (nSPS) is 10.8. The number of aromatic nitrogens is 4. The summed E-state index contributed by atoms with van der Waals surface area (Å²) in [6.07, 6.45) is 5.34. The average Bonchev–Trinajstić information content (AvgIpc) is 3.35. The molecule has 3 N–H and O–H groups in total. The minimum absolute atomic E-state index is 0.265. The van der Waals surface area contributed by atoms with Gasteiger partial charge in [-0.1, -0.05) is 0 Å². The van der Waals surface area contributed by atoms with Gasteiger partial charge in [0.05, 0.1) is 17.4 Å². The summed E-state index contributed by atoms with van der Waals surface area (Å²) >= 11 is 0. The number of amides is 1. The number of imidazole rings is 2. The number of hydrogen-bond acceptors (Lipinski definition) is 5. The summed E-state index contributed by atoms with van der Waals surface area (Å²) in [6, 6.07) is 12.4. The second-order valence-electron chi connectivity index (χ2n) is 5.61. The maximum Gasteiger partial charge on any atom is 0.274 e. The van der Waals surface area contributed by atoms with E-state index in [1.54, 1.807) is 42.3 Å². The lowest BCUT2D eigenvalue weighted by atomic mass is 10.2. The average molecular weight is 349 g/mol. The third-order valence-electron chi connectivity index (χ3n) is 3.91. The molecule has 2 aromatic carbocycles. The molecule has 8 heteroatoms. The molecular formula is C18H15N5O3. The lowest BCUT2D eigenvalue weighted by Gasteiger charge is -2.05. The first-order valence-corrected chi connectivity index (χ1v) is 7.87. The van der Waals surface area contributed by atoms with Crippen LogP contribution in [0, 0.1) is 0 Å². The third-order valence-corrected chi connectivity index (χ3v) is 3.91. The third kappa shape index (κ3) is 3.13. The predicted molar refractivity (Wildman–Crippen MR) is 93.2 cm³/mol. The largest absolute Gasteiger partial charge is 0.486 e. The van der Waals surface area contributed by atoms with Crippen molar-refractivity contribution in [2.24, 2.45) is 0 Å². The minimum atomic E-state index is -0.567. The van der Waals surface area contributed by atoms with E-state index in [1.165, 1.54) is 0 Å². The Hall–Kier alpha value is -3.65. The molecule has 0 aliphatic rings. The molecular weight excluding hydrogens is 334 g/mol. The SMILES string of the molecule is O=C(NO)c1ccc(OCc2nc3ccc(-n4ccnc4)cc3[nH]2)cc1. The monoisotopic (exact) mass is 349 g/mol. The number of ether oxygens (including phenoxy) is 1. The topological polar surface area (TPSA) is 105 Å². The van der Waals surface area contributed by atoms with Crippen molar-refractivity contribution in [2.75, 3.05) is 0 Å². The number of aromatic amines is 1. The fourth-order valence-electron chi connectivity index (χ4n) is 2.61.